The maximum atomic E-state index is 5.80. The van der Waals surface area contributed by atoms with Crippen molar-refractivity contribution in [2.24, 2.45) is 0 Å². The molecule has 0 heterocycles. The molecule has 112 valence electrons. The molecule has 0 amide bonds. The predicted molar refractivity (Wildman–Crippen MR) is 90.8 cm³/mol. The number of methoxy groups -OCH3 is 1. The third kappa shape index (κ3) is 3.40. The van der Waals surface area contributed by atoms with Crippen LogP contribution in [0.15, 0.2) is 66.7 Å². The number of hydrogen-bond donors (Lipinski definition) is 0. The van der Waals surface area contributed by atoms with Crippen LogP contribution in [-0.2, 0) is 6.42 Å². The topological polar surface area (TPSA) is 18.5 Å². The monoisotopic (exact) mass is 292 g/mol. The molecule has 0 aliphatic carbocycles. The van der Waals surface area contributed by atoms with Gasteiger partial charge in [0.1, 0.15) is 11.5 Å². The molecule has 0 bridgehead atoms. The first-order chi connectivity index (χ1) is 10.9. The van der Waals surface area contributed by atoms with Gasteiger partial charge in [-0.15, -0.1) is 0 Å². The molecule has 0 radical (unpaired) electrons. The summed E-state index contributed by atoms with van der Waals surface area (Å²) in [5.74, 6) is 1.68. The maximum Gasteiger partial charge on any atom is 0.122 e. The van der Waals surface area contributed by atoms with Gasteiger partial charge in [-0.3, -0.25) is 0 Å². The Hall–Kier alpha value is -2.48. The average molecular weight is 292 g/mol. The average Bonchev–Trinajstić information content (AvgIpc) is 2.59. The Morgan fingerprint density at radius 2 is 1.59 bits per heavy atom. The van der Waals surface area contributed by atoms with E-state index in [0.29, 0.717) is 6.61 Å². The zero-order valence-electron chi connectivity index (χ0n) is 12.8. The Bertz CT molecular complexity index is 744. The van der Waals surface area contributed by atoms with Crippen LogP contribution < -0.4 is 9.47 Å². The summed E-state index contributed by atoms with van der Waals surface area (Å²) in [7, 11) is 1.67. The van der Waals surface area contributed by atoms with Crippen molar-refractivity contribution in [3.63, 3.8) is 0 Å². The minimum atomic E-state index is 0.705. The summed E-state index contributed by atoms with van der Waals surface area (Å²) in [6.07, 6.45) is 2.01. The summed E-state index contributed by atoms with van der Waals surface area (Å²) in [4.78, 5) is 0. The number of ether oxygens (including phenoxy) is 2. The van der Waals surface area contributed by atoms with E-state index in [1.807, 2.05) is 24.3 Å². The van der Waals surface area contributed by atoms with Gasteiger partial charge in [-0.25, -0.2) is 0 Å². The number of fused-ring (bicyclic) bond motifs is 1. The minimum absolute atomic E-state index is 0.705. The minimum Gasteiger partial charge on any atom is -0.497 e. The fourth-order valence-corrected chi connectivity index (χ4v) is 2.65. The Kier molecular flexibility index (Phi) is 4.59. The van der Waals surface area contributed by atoms with Crippen molar-refractivity contribution in [3.05, 3.63) is 72.3 Å². The summed E-state index contributed by atoms with van der Waals surface area (Å²) in [6.45, 7) is 0.705. The van der Waals surface area contributed by atoms with Crippen LogP contribution in [0, 0.1) is 0 Å². The molecule has 3 aromatic rings. The van der Waals surface area contributed by atoms with Gasteiger partial charge in [0.15, 0.2) is 0 Å². The van der Waals surface area contributed by atoms with Crippen molar-refractivity contribution in [2.75, 3.05) is 13.7 Å². The molecule has 22 heavy (non-hydrogen) atoms. The van der Waals surface area contributed by atoms with E-state index in [-0.39, 0.29) is 0 Å². The van der Waals surface area contributed by atoms with Crippen molar-refractivity contribution in [1.82, 2.24) is 0 Å². The lowest BCUT2D eigenvalue weighted by Gasteiger charge is -2.09. The first-order valence-electron chi connectivity index (χ1n) is 7.60. The van der Waals surface area contributed by atoms with Crippen LogP contribution in [0.1, 0.15) is 12.0 Å². The van der Waals surface area contributed by atoms with Crippen LogP contribution in [0.2, 0.25) is 0 Å². The molecule has 0 aliphatic heterocycles. The van der Waals surface area contributed by atoms with E-state index in [4.69, 9.17) is 9.47 Å². The van der Waals surface area contributed by atoms with Crippen LogP contribution in [0.4, 0.5) is 0 Å². The number of aryl methyl sites for hydroxylation is 1. The van der Waals surface area contributed by atoms with Gasteiger partial charge in [0.2, 0.25) is 0 Å². The van der Waals surface area contributed by atoms with Crippen molar-refractivity contribution in [1.29, 1.82) is 0 Å². The first-order valence-corrected chi connectivity index (χ1v) is 7.60. The molecule has 0 unspecified atom stereocenters. The van der Waals surface area contributed by atoms with E-state index in [2.05, 4.69) is 42.5 Å². The number of rotatable bonds is 6. The van der Waals surface area contributed by atoms with Crippen molar-refractivity contribution >= 4 is 10.8 Å². The van der Waals surface area contributed by atoms with Crippen LogP contribution in [0.3, 0.4) is 0 Å². The molecule has 0 atom stereocenters. The van der Waals surface area contributed by atoms with Crippen LogP contribution >= 0.6 is 0 Å². The third-order valence-electron chi connectivity index (χ3n) is 3.78. The van der Waals surface area contributed by atoms with Gasteiger partial charge in [0.05, 0.1) is 13.7 Å². The highest BCUT2D eigenvalue weighted by Crippen LogP contribution is 2.21. The van der Waals surface area contributed by atoms with E-state index >= 15 is 0 Å². The van der Waals surface area contributed by atoms with Gasteiger partial charge in [0, 0.05) is 6.07 Å². The second kappa shape index (κ2) is 6.99. The smallest absolute Gasteiger partial charge is 0.122 e. The van der Waals surface area contributed by atoms with E-state index in [1.54, 1.807) is 7.11 Å². The number of benzene rings is 3. The molecule has 0 saturated heterocycles. The molecule has 0 N–H and O–H groups in total. The molecule has 0 spiro atoms. The van der Waals surface area contributed by atoms with Crippen LogP contribution in [0.25, 0.3) is 10.8 Å². The molecular weight excluding hydrogens is 272 g/mol. The second-order valence-electron chi connectivity index (χ2n) is 5.27. The summed E-state index contributed by atoms with van der Waals surface area (Å²) in [5.41, 5.74) is 1.38. The fraction of sp³-hybridized carbons (Fsp3) is 0.200. The standard InChI is InChI=1S/C20H20O2/c1-21-18-11-5-12-19(15-18)22-14-6-10-17-9-4-8-16-7-2-3-13-20(16)17/h2-5,7-9,11-13,15H,6,10,14H2,1H3. The molecule has 0 aromatic heterocycles. The van der Waals surface area contributed by atoms with Crippen molar-refractivity contribution in [3.8, 4) is 11.5 Å². The van der Waals surface area contributed by atoms with Crippen molar-refractivity contribution < 1.29 is 9.47 Å². The molecule has 2 heteroatoms. The molecule has 3 rings (SSSR count). The summed E-state index contributed by atoms with van der Waals surface area (Å²) >= 11 is 0. The second-order valence-corrected chi connectivity index (χ2v) is 5.27. The first kappa shape index (κ1) is 14.5. The predicted octanol–water partition coefficient (Wildman–Crippen LogP) is 4.86. The zero-order chi connectivity index (χ0) is 15.2. The van der Waals surface area contributed by atoms with Gasteiger partial charge in [-0.05, 0) is 41.3 Å². The fourth-order valence-electron chi connectivity index (χ4n) is 2.65. The van der Waals surface area contributed by atoms with Gasteiger partial charge >= 0.3 is 0 Å². The largest absolute Gasteiger partial charge is 0.497 e. The summed E-state index contributed by atoms with van der Waals surface area (Å²) < 4.78 is 11.0. The normalized spacial score (nSPS) is 10.6. The molecule has 0 saturated carbocycles. The highest BCUT2D eigenvalue weighted by molar-refractivity contribution is 5.85. The zero-order valence-corrected chi connectivity index (χ0v) is 12.8. The van der Waals surface area contributed by atoms with Gasteiger partial charge in [-0.1, -0.05) is 48.5 Å². The molecule has 3 aromatic carbocycles. The third-order valence-corrected chi connectivity index (χ3v) is 3.78. The lowest BCUT2D eigenvalue weighted by Crippen LogP contribution is -2.00. The van der Waals surface area contributed by atoms with Crippen molar-refractivity contribution in [2.45, 2.75) is 12.8 Å². The SMILES string of the molecule is COc1cccc(OCCCc2cccc3ccccc23)c1. The Labute approximate surface area is 131 Å². The summed E-state index contributed by atoms with van der Waals surface area (Å²) in [5, 5.41) is 2.64. The number of hydrogen-bond acceptors (Lipinski definition) is 2. The quantitative estimate of drug-likeness (QED) is 0.604. The van der Waals surface area contributed by atoms with Gasteiger partial charge in [0.25, 0.3) is 0 Å². The lowest BCUT2D eigenvalue weighted by atomic mass is 10.0. The van der Waals surface area contributed by atoms with E-state index in [0.717, 1.165) is 24.3 Å². The highest BCUT2D eigenvalue weighted by atomic mass is 16.5. The molecular formula is C20H20O2. The Balaban J connectivity index is 1.58. The van der Waals surface area contributed by atoms with Crippen LogP contribution in [0.5, 0.6) is 11.5 Å². The van der Waals surface area contributed by atoms with Gasteiger partial charge in [-0.2, -0.15) is 0 Å². The molecule has 2 nitrogen and oxygen atoms in total. The van der Waals surface area contributed by atoms with E-state index in [1.165, 1.54) is 16.3 Å². The highest BCUT2D eigenvalue weighted by Gasteiger charge is 2.01. The lowest BCUT2D eigenvalue weighted by molar-refractivity contribution is 0.308. The Morgan fingerprint density at radius 1 is 0.818 bits per heavy atom. The van der Waals surface area contributed by atoms with Gasteiger partial charge < -0.3 is 9.47 Å². The molecule has 0 fully saturated rings. The van der Waals surface area contributed by atoms with E-state index < -0.39 is 0 Å². The van der Waals surface area contributed by atoms with Crippen LogP contribution in [-0.4, -0.2) is 13.7 Å². The Morgan fingerprint density at radius 3 is 2.50 bits per heavy atom. The molecule has 0 aliphatic rings. The maximum absolute atomic E-state index is 5.80. The summed E-state index contributed by atoms with van der Waals surface area (Å²) in [6, 6.07) is 22.7. The van der Waals surface area contributed by atoms with E-state index in [9.17, 15) is 0 Å².